The topological polar surface area (TPSA) is 49.0 Å². The van der Waals surface area contributed by atoms with Crippen molar-refractivity contribution in [2.75, 3.05) is 6.54 Å². The van der Waals surface area contributed by atoms with Gasteiger partial charge in [-0.15, -0.1) is 0 Å². The molecule has 0 fully saturated rings. The lowest BCUT2D eigenvalue weighted by molar-refractivity contribution is -0.135. The molecule has 2 heterocycles. The molecule has 0 aromatic carbocycles. The van der Waals surface area contributed by atoms with E-state index in [1.54, 1.807) is 0 Å². The molecule has 0 atom stereocenters. The fourth-order valence-electron chi connectivity index (χ4n) is 2.23. The van der Waals surface area contributed by atoms with Crippen LogP contribution >= 0.6 is 0 Å². The van der Waals surface area contributed by atoms with Crippen molar-refractivity contribution in [3.63, 3.8) is 0 Å². The second kappa shape index (κ2) is 4.28. The van der Waals surface area contributed by atoms with Crippen LogP contribution < -0.4 is 0 Å². The van der Waals surface area contributed by atoms with Crippen molar-refractivity contribution in [2.24, 2.45) is 5.92 Å². The molecule has 1 aromatic rings. The Morgan fingerprint density at radius 2 is 2.31 bits per heavy atom. The third kappa shape index (κ3) is 1.84. The zero-order valence-corrected chi connectivity index (χ0v) is 10.2. The lowest BCUT2D eigenvalue weighted by Gasteiger charge is -2.28. The molecule has 1 aliphatic heterocycles. The van der Waals surface area contributed by atoms with Crippen LogP contribution in [0.2, 0.25) is 0 Å². The average molecular weight is 221 g/mol. The predicted octanol–water partition coefficient (Wildman–Crippen LogP) is 1.51. The monoisotopic (exact) mass is 221 g/mol. The van der Waals surface area contributed by atoms with Crippen LogP contribution in [0.1, 0.15) is 37.7 Å². The highest BCUT2D eigenvalue weighted by molar-refractivity contribution is 5.78. The summed E-state index contributed by atoms with van der Waals surface area (Å²) < 4.78 is 0. The summed E-state index contributed by atoms with van der Waals surface area (Å²) >= 11 is 0. The third-order valence-electron chi connectivity index (χ3n) is 3.16. The van der Waals surface area contributed by atoms with Crippen molar-refractivity contribution in [2.45, 2.75) is 40.2 Å². The Labute approximate surface area is 96.0 Å². The number of hydrogen-bond acceptors (Lipinski definition) is 2. The molecule has 88 valence electrons. The number of fused-ring (bicyclic) bond motifs is 1. The molecule has 16 heavy (non-hydrogen) atoms. The van der Waals surface area contributed by atoms with E-state index in [0.717, 1.165) is 30.8 Å². The van der Waals surface area contributed by atoms with E-state index in [4.69, 9.17) is 0 Å². The number of aromatic amines is 1. The minimum atomic E-state index is 0.0788. The van der Waals surface area contributed by atoms with Crippen molar-refractivity contribution in [3.05, 3.63) is 17.0 Å². The van der Waals surface area contributed by atoms with Crippen LogP contribution in [0.3, 0.4) is 0 Å². The molecule has 0 spiro atoms. The van der Waals surface area contributed by atoms with Gasteiger partial charge in [0.15, 0.2) is 0 Å². The van der Waals surface area contributed by atoms with Crippen LogP contribution in [0.5, 0.6) is 0 Å². The van der Waals surface area contributed by atoms with Gasteiger partial charge in [-0.2, -0.15) is 5.10 Å². The van der Waals surface area contributed by atoms with Crippen LogP contribution in [-0.2, 0) is 24.2 Å². The van der Waals surface area contributed by atoms with E-state index in [9.17, 15) is 4.79 Å². The Balaban J connectivity index is 2.15. The quantitative estimate of drug-likeness (QED) is 0.823. The molecule has 0 saturated heterocycles. The van der Waals surface area contributed by atoms with Crippen molar-refractivity contribution in [1.82, 2.24) is 15.1 Å². The first-order valence-electron chi connectivity index (χ1n) is 5.97. The van der Waals surface area contributed by atoms with Gasteiger partial charge >= 0.3 is 0 Å². The first-order chi connectivity index (χ1) is 7.63. The Hall–Kier alpha value is -1.32. The summed E-state index contributed by atoms with van der Waals surface area (Å²) in [7, 11) is 0. The van der Waals surface area contributed by atoms with Crippen LogP contribution in [0, 0.1) is 5.92 Å². The fourth-order valence-corrected chi connectivity index (χ4v) is 2.23. The molecule has 0 radical (unpaired) electrons. The van der Waals surface area contributed by atoms with Gasteiger partial charge < -0.3 is 4.90 Å². The predicted molar refractivity (Wildman–Crippen MR) is 61.9 cm³/mol. The molecule has 4 heteroatoms. The number of amides is 1. The summed E-state index contributed by atoms with van der Waals surface area (Å²) in [5.74, 6) is 0.313. The van der Waals surface area contributed by atoms with Gasteiger partial charge in [0.1, 0.15) is 0 Å². The van der Waals surface area contributed by atoms with Gasteiger partial charge in [-0.25, -0.2) is 0 Å². The lowest BCUT2D eigenvalue weighted by atomic mass is 10.0. The average Bonchev–Trinajstić information content (AvgIpc) is 2.69. The van der Waals surface area contributed by atoms with Crippen molar-refractivity contribution < 1.29 is 4.79 Å². The Kier molecular flexibility index (Phi) is 2.99. The van der Waals surface area contributed by atoms with E-state index in [1.807, 2.05) is 18.7 Å². The SMILES string of the molecule is CCc1n[nH]c2c1CCN(C(=O)C(C)C)C2. The fraction of sp³-hybridized carbons (Fsp3) is 0.667. The van der Waals surface area contributed by atoms with Crippen molar-refractivity contribution in [1.29, 1.82) is 0 Å². The van der Waals surface area contributed by atoms with Crippen molar-refractivity contribution in [3.8, 4) is 0 Å². The Morgan fingerprint density at radius 1 is 1.56 bits per heavy atom. The highest BCUT2D eigenvalue weighted by Gasteiger charge is 2.25. The molecule has 0 unspecified atom stereocenters. The zero-order chi connectivity index (χ0) is 11.7. The first-order valence-corrected chi connectivity index (χ1v) is 5.97. The smallest absolute Gasteiger partial charge is 0.225 e. The summed E-state index contributed by atoms with van der Waals surface area (Å²) in [4.78, 5) is 13.8. The molecule has 0 saturated carbocycles. The summed E-state index contributed by atoms with van der Waals surface area (Å²) in [6.07, 6.45) is 1.90. The molecule has 2 rings (SSSR count). The highest BCUT2D eigenvalue weighted by Crippen LogP contribution is 2.21. The maximum absolute atomic E-state index is 11.9. The number of aromatic nitrogens is 2. The van der Waals surface area contributed by atoms with Gasteiger partial charge in [-0.1, -0.05) is 20.8 Å². The third-order valence-corrected chi connectivity index (χ3v) is 3.16. The van der Waals surface area contributed by atoms with E-state index in [2.05, 4.69) is 17.1 Å². The van der Waals surface area contributed by atoms with Gasteiger partial charge in [0.2, 0.25) is 5.91 Å². The van der Waals surface area contributed by atoms with Crippen LogP contribution in [0.15, 0.2) is 0 Å². The standard InChI is InChI=1S/C12H19N3O/c1-4-10-9-5-6-15(12(16)8(2)3)7-11(9)14-13-10/h8H,4-7H2,1-3H3,(H,13,14). The number of rotatable bonds is 2. The summed E-state index contributed by atoms with van der Waals surface area (Å²) in [5, 5.41) is 7.35. The molecule has 1 N–H and O–H groups in total. The van der Waals surface area contributed by atoms with Gasteiger partial charge in [0.25, 0.3) is 0 Å². The molecule has 0 bridgehead atoms. The number of nitrogens with one attached hydrogen (secondary N) is 1. The summed E-state index contributed by atoms with van der Waals surface area (Å²) in [6, 6.07) is 0. The van der Waals surface area contributed by atoms with Crippen molar-refractivity contribution >= 4 is 5.91 Å². The van der Waals surface area contributed by atoms with Crippen LogP contribution in [0.4, 0.5) is 0 Å². The Morgan fingerprint density at radius 3 is 2.94 bits per heavy atom. The number of nitrogens with zero attached hydrogens (tertiary/aromatic N) is 2. The van der Waals surface area contributed by atoms with E-state index in [0.29, 0.717) is 6.54 Å². The highest BCUT2D eigenvalue weighted by atomic mass is 16.2. The maximum Gasteiger partial charge on any atom is 0.225 e. The second-order valence-corrected chi connectivity index (χ2v) is 4.65. The molecule has 1 amide bonds. The molecule has 1 aromatic heterocycles. The normalized spacial score (nSPS) is 15.4. The number of carbonyl (C=O) groups excluding carboxylic acids is 1. The van der Waals surface area contributed by atoms with Gasteiger partial charge in [-0.05, 0) is 18.4 Å². The van der Waals surface area contributed by atoms with Crippen LogP contribution in [-0.4, -0.2) is 27.5 Å². The summed E-state index contributed by atoms with van der Waals surface area (Å²) in [6.45, 7) is 7.53. The minimum Gasteiger partial charge on any atom is -0.336 e. The first kappa shape index (κ1) is 11.2. The van der Waals surface area contributed by atoms with E-state index >= 15 is 0 Å². The van der Waals surface area contributed by atoms with Gasteiger partial charge in [0.05, 0.1) is 17.9 Å². The Bertz CT molecular complexity index is 395. The minimum absolute atomic E-state index is 0.0788. The lowest BCUT2D eigenvalue weighted by Crippen LogP contribution is -2.38. The van der Waals surface area contributed by atoms with Crippen LogP contribution in [0.25, 0.3) is 0 Å². The molecular formula is C12H19N3O. The number of carbonyl (C=O) groups is 1. The number of hydrogen-bond donors (Lipinski definition) is 1. The number of H-pyrrole nitrogens is 1. The second-order valence-electron chi connectivity index (χ2n) is 4.65. The van der Waals surface area contributed by atoms with E-state index < -0.39 is 0 Å². The molecular weight excluding hydrogens is 202 g/mol. The molecule has 0 aliphatic carbocycles. The maximum atomic E-state index is 11.9. The van der Waals surface area contributed by atoms with Gasteiger partial charge in [0, 0.05) is 12.5 Å². The summed E-state index contributed by atoms with van der Waals surface area (Å²) in [5.41, 5.74) is 3.61. The molecule has 1 aliphatic rings. The van der Waals surface area contributed by atoms with E-state index in [1.165, 1.54) is 5.56 Å². The zero-order valence-electron chi connectivity index (χ0n) is 10.2. The molecule has 4 nitrogen and oxygen atoms in total. The number of aryl methyl sites for hydroxylation is 1. The largest absolute Gasteiger partial charge is 0.336 e. The van der Waals surface area contributed by atoms with E-state index in [-0.39, 0.29) is 11.8 Å². The van der Waals surface area contributed by atoms with Gasteiger partial charge in [-0.3, -0.25) is 9.89 Å².